The summed E-state index contributed by atoms with van der Waals surface area (Å²) in [7, 11) is 0. The van der Waals surface area contributed by atoms with E-state index in [1.807, 2.05) is 0 Å². The van der Waals surface area contributed by atoms with E-state index in [0.29, 0.717) is 0 Å². The Hall–Kier alpha value is -2.24. The Morgan fingerprint density at radius 1 is 1.25 bits per heavy atom. The van der Waals surface area contributed by atoms with Crippen LogP contribution in [0.2, 0.25) is 0 Å². The molecule has 2 aromatic rings. The van der Waals surface area contributed by atoms with Crippen molar-refractivity contribution in [3.8, 4) is 0 Å². The maximum Gasteiger partial charge on any atom is 0.289 e. The molecule has 0 radical (unpaired) electrons. The minimum absolute atomic E-state index is 0.0551. The predicted octanol–water partition coefficient (Wildman–Crippen LogP) is 1.79. The van der Waals surface area contributed by atoms with Gasteiger partial charge in [0.05, 0.1) is 12.0 Å². The Bertz CT molecular complexity index is 568. The quantitative estimate of drug-likeness (QED) is 0.816. The summed E-state index contributed by atoms with van der Waals surface area (Å²) in [5, 5.41) is 2.40. The van der Waals surface area contributed by atoms with Crippen LogP contribution >= 0.6 is 0 Å². The van der Waals surface area contributed by atoms with Crippen LogP contribution in [0.5, 0.6) is 0 Å². The van der Waals surface area contributed by atoms with Crippen LogP contribution in [-0.4, -0.2) is 9.97 Å². The maximum absolute atomic E-state index is 13.2. The number of aromatic nitrogens is 2. The summed E-state index contributed by atoms with van der Waals surface area (Å²) in [6.45, 7) is 0. The van der Waals surface area contributed by atoms with Crippen molar-refractivity contribution in [1.29, 1.82) is 0 Å². The SMILES string of the molecule is O=c1[nH]cnc(Nc2ccccc2F)c1F. The van der Waals surface area contributed by atoms with Crippen molar-refractivity contribution in [3.63, 3.8) is 0 Å². The molecule has 0 bridgehead atoms. The van der Waals surface area contributed by atoms with Crippen LogP contribution in [0, 0.1) is 11.6 Å². The van der Waals surface area contributed by atoms with Gasteiger partial charge in [-0.05, 0) is 12.1 Å². The first-order valence-corrected chi connectivity index (χ1v) is 4.43. The molecule has 82 valence electrons. The number of anilines is 2. The van der Waals surface area contributed by atoms with Gasteiger partial charge in [0.25, 0.3) is 5.56 Å². The van der Waals surface area contributed by atoms with Crippen molar-refractivity contribution in [1.82, 2.24) is 9.97 Å². The summed E-state index contributed by atoms with van der Waals surface area (Å²) in [5.41, 5.74) is -0.853. The predicted molar refractivity (Wildman–Crippen MR) is 54.5 cm³/mol. The van der Waals surface area contributed by atoms with Gasteiger partial charge < -0.3 is 10.3 Å². The third kappa shape index (κ3) is 1.90. The van der Waals surface area contributed by atoms with Crippen molar-refractivity contribution < 1.29 is 8.78 Å². The van der Waals surface area contributed by atoms with Gasteiger partial charge in [-0.15, -0.1) is 0 Å². The van der Waals surface area contributed by atoms with Gasteiger partial charge in [0.15, 0.2) is 5.82 Å². The Labute approximate surface area is 89.0 Å². The average Bonchev–Trinajstić information content (AvgIpc) is 2.28. The van der Waals surface area contributed by atoms with Crippen LogP contribution in [0.1, 0.15) is 0 Å². The molecular formula is C10H7F2N3O. The monoisotopic (exact) mass is 223 g/mol. The minimum atomic E-state index is -1.08. The molecule has 0 atom stereocenters. The molecular weight excluding hydrogens is 216 g/mol. The normalized spacial score (nSPS) is 10.1. The van der Waals surface area contributed by atoms with E-state index in [0.717, 1.165) is 6.33 Å². The number of halogens is 2. The number of nitrogens with zero attached hydrogens (tertiary/aromatic N) is 1. The molecule has 0 saturated heterocycles. The van der Waals surface area contributed by atoms with Gasteiger partial charge in [0, 0.05) is 0 Å². The van der Waals surface area contributed by atoms with Gasteiger partial charge in [-0.2, -0.15) is 4.39 Å². The molecule has 0 saturated carbocycles. The molecule has 2 rings (SSSR count). The van der Waals surface area contributed by atoms with E-state index in [2.05, 4.69) is 15.3 Å². The zero-order valence-corrected chi connectivity index (χ0v) is 8.00. The zero-order chi connectivity index (χ0) is 11.5. The van der Waals surface area contributed by atoms with Crippen molar-refractivity contribution in [2.45, 2.75) is 0 Å². The highest BCUT2D eigenvalue weighted by Gasteiger charge is 2.09. The number of aromatic amines is 1. The molecule has 0 aliphatic heterocycles. The third-order valence-electron chi connectivity index (χ3n) is 1.92. The highest BCUT2D eigenvalue weighted by molar-refractivity contribution is 5.56. The largest absolute Gasteiger partial charge is 0.335 e. The number of hydrogen-bond donors (Lipinski definition) is 2. The molecule has 0 amide bonds. The number of rotatable bonds is 2. The lowest BCUT2D eigenvalue weighted by molar-refractivity contribution is 0.604. The van der Waals surface area contributed by atoms with E-state index in [4.69, 9.17) is 0 Å². The van der Waals surface area contributed by atoms with Gasteiger partial charge in [-0.1, -0.05) is 12.1 Å². The molecule has 0 spiro atoms. The molecule has 0 unspecified atom stereocenters. The first kappa shape index (κ1) is 10.3. The van der Waals surface area contributed by atoms with Crippen LogP contribution in [-0.2, 0) is 0 Å². The Morgan fingerprint density at radius 3 is 2.75 bits per heavy atom. The molecule has 0 aliphatic rings. The number of H-pyrrole nitrogens is 1. The smallest absolute Gasteiger partial charge is 0.289 e. The zero-order valence-electron chi connectivity index (χ0n) is 8.00. The van der Waals surface area contributed by atoms with E-state index >= 15 is 0 Å². The van der Waals surface area contributed by atoms with Crippen molar-refractivity contribution >= 4 is 11.5 Å². The summed E-state index contributed by atoms with van der Waals surface area (Å²) in [4.78, 5) is 16.5. The fourth-order valence-corrected chi connectivity index (χ4v) is 1.16. The fraction of sp³-hybridized carbons (Fsp3) is 0. The van der Waals surface area contributed by atoms with Gasteiger partial charge in [0.2, 0.25) is 5.82 Å². The highest BCUT2D eigenvalue weighted by Crippen LogP contribution is 2.17. The molecule has 2 N–H and O–H groups in total. The lowest BCUT2D eigenvalue weighted by atomic mass is 10.3. The first-order chi connectivity index (χ1) is 7.68. The van der Waals surface area contributed by atoms with E-state index < -0.39 is 17.2 Å². The summed E-state index contributed by atoms with van der Waals surface area (Å²) in [5.74, 6) is -1.94. The number of nitrogens with one attached hydrogen (secondary N) is 2. The van der Waals surface area contributed by atoms with E-state index in [-0.39, 0.29) is 11.5 Å². The number of para-hydroxylation sites is 1. The second kappa shape index (κ2) is 4.09. The van der Waals surface area contributed by atoms with Gasteiger partial charge >= 0.3 is 0 Å². The maximum atomic E-state index is 13.2. The highest BCUT2D eigenvalue weighted by atomic mass is 19.1. The molecule has 1 heterocycles. The van der Waals surface area contributed by atoms with Crippen molar-refractivity contribution in [3.05, 3.63) is 52.6 Å². The average molecular weight is 223 g/mol. The summed E-state index contributed by atoms with van der Waals surface area (Å²) in [6, 6.07) is 5.71. The molecule has 0 fully saturated rings. The molecule has 0 aliphatic carbocycles. The number of benzene rings is 1. The van der Waals surface area contributed by atoms with Gasteiger partial charge in [-0.3, -0.25) is 4.79 Å². The lowest BCUT2D eigenvalue weighted by Gasteiger charge is -2.05. The van der Waals surface area contributed by atoms with Crippen LogP contribution in [0.25, 0.3) is 0 Å². The van der Waals surface area contributed by atoms with Crippen molar-refractivity contribution in [2.24, 2.45) is 0 Å². The van der Waals surface area contributed by atoms with Gasteiger partial charge in [0.1, 0.15) is 5.82 Å². The second-order valence-electron chi connectivity index (χ2n) is 3.00. The van der Waals surface area contributed by atoms with E-state index in [1.165, 1.54) is 18.2 Å². The molecule has 1 aromatic carbocycles. The van der Waals surface area contributed by atoms with Crippen LogP contribution < -0.4 is 10.9 Å². The Morgan fingerprint density at radius 2 is 2.00 bits per heavy atom. The standard InChI is InChI=1S/C10H7F2N3O/c11-6-3-1-2-4-7(6)15-9-8(12)10(16)14-5-13-9/h1-5H,(H2,13,14,15,16). The van der Waals surface area contributed by atoms with Gasteiger partial charge in [-0.25, -0.2) is 9.37 Å². The Balaban J connectivity index is 2.38. The Kier molecular flexibility index (Phi) is 2.63. The third-order valence-corrected chi connectivity index (χ3v) is 1.92. The fourth-order valence-electron chi connectivity index (χ4n) is 1.16. The first-order valence-electron chi connectivity index (χ1n) is 4.43. The minimum Gasteiger partial charge on any atom is -0.335 e. The van der Waals surface area contributed by atoms with E-state index in [9.17, 15) is 13.6 Å². The van der Waals surface area contributed by atoms with E-state index in [1.54, 1.807) is 6.07 Å². The summed E-state index contributed by atoms with van der Waals surface area (Å²) in [6.07, 6.45) is 1.04. The molecule has 6 heteroatoms. The van der Waals surface area contributed by atoms with Crippen molar-refractivity contribution in [2.75, 3.05) is 5.32 Å². The van der Waals surface area contributed by atoms with Crippen LogP contribution in [0.3, 0.4) is 0 Å². The molecule has 1 aromatic heterocycles. The summed E-state index contributed by atoms with van der Waals surface area (Å²) >= 11 is 0. The molecule has 4 nitrogen and oxygen atoms in total. The number of hydrogen-bond acceptors (Lipinski definition) is 3. The van der Waals surface area contributed by atoms with Crippen LogP contribution in [0.4, 0.5) is 20.3 Å². The summed E-state index contributed by atoms with van der Waals surface area (Å²) < 4.78 is 26.4. The lowest BCUT2D eigenvalue weighted by Crippen LogP contribution is -2.14. The molecule has 16 heavy (non-hydrogen) atoms. The second-order valence-corrected chi connectivity index (χ2v) is 3.00. The topological polar surface area (TPSA) is 57.8 Å². The van der Waals surface area contributed by atoms with Crippen LogP contribution in [0.15, 0.2) is 35.4 Å².